The second kappa shape index (κ2) is 17.7. The van der Waals surface area contributed by atoms with Crippen molar-refractivity contribution in [3.63, 3.8) is 0 Å². The zero-order valence-electron chi connectivity index (χ0n) is 30.5. The van der Waals surface area contributed by atoms with Crippen molar-refractivity contribution >= 4 is 17.6 Å². The highest BCUT2D eigenvalue weighted by molar-refractivity contribution is 5.84. The molecule has 3 fully saturated rings. The first-order valence-electron chi connectivity index (χ1n) is 19.3. The van der Waals surface area contributed by atoms with Crippen LogP contribution in [0.2, 0.25) is 0 Å². The summed E-state index contributed by atoms with van der Waals surface area (Å²) in [6.07, 6.45) is 7.25. The van der Waals surface area contributed by atoms with Crippen molar-refractivity contribution in [1.29, 1.82) is 0 Å². The van der Waals surface area contributed by atoms with Crippen LogP contribution in [0.25, 0.3) is 0 Å². The zero-order chi connectivity index (χ0) is 36.7. The third-order valence-electron chi connectivity index (χ3n) is 11.7. The van der Waals surface area contributed by atoms with Gasteiger partial charge < -0.3 is 50.2 Å². The summed E-state index contributed by atoms with van der Waals surface area (Å²) in [5.41, 5.74) is 6.73. The van der Waals surface area contributed by atoms with E-state index in [9.17, 15) is 25.2 Å². The molecule has 0 aromatic heterocycles. The fourth-order valence-electron chi connectivity index (χ4n) is 8.65. The van der Waals surface area contributed by atoms with Crippen LogP contribution in [-0.4, -0.2) is 111 Å². The number of fused-ring (bicyclic) bond motifs is 1. The summed E-state index contributed by atoms with van der Waals surface area (Å²) < 4.78 is 17.7. The smallest absolute Gasteiger partial charge is 0.222 e. The topological polar surface area (TPSA) is 171 Å². The lowest BCUT2D eigenvalue weighted by Gasteiger charge is -2.46. The molecule has 2 aromatic rings. The van der Waals surface area contributed by atoms with E-state index in [4.69, 9.17) is 24.9 Å². The molecule has 286 valence electrons. The SMILES string of the molecule is C[C@@]1(O)[C@H](O)[C@@H](CO)O[C@@H](COCCN(C(=O)CC[C@@H](C2CCCCC2)N2Cc3cc(Oc4ccccc4)ccc3N=C2N)C2CCCCC2)[C@@H]1O. The maximum Gasteiger partial charge on any atom is 0.222 e. The minimum atomic E-state index is -1.86. The van der Waals surface area contributed by atoms with Crippen molar-refractivity contribution in [2.45, 2.75) is 133 Å². The van der Waals surface area contributed by atoms with E-state index in [1.165, 1.54) is 32.6 Å². The molecule has 6 N–H and O–H groups in total. The van der Waals surface area contributed by atoms with E-state index in [0.29, 0.717) is 37.8 Å². The number of rotatable bonds is 14. The minimum absolute atomic E-state index is 0.0515. The largest absolute Gasteiger partial charge is 0.457 e. The predicted molar refractivity (Wildman–Crippen MR) is 197 cm³/mol. The number of benzene rings is 2. The van der Waals surface area contributed by atoms with Crippen LogP contribution in [0, 0.1) is 5.92 Å². The number of ether oxygens (including phenoxy) is 3. The Morgan fingerprint density at radius 1 is 1.00 bits per heavy atom. The number of hydrogen-bond donors (Lipinski definition) is 5. The van der Waals surface area contributed by atoms with Crippen molar-refractivity contribution in [2.24, 2.45) is 16.6 Å². The first-order chi connectivity index (χ1) is 25.2. The lowest BCUT2D eigenvalue weighted by atomic mass is 9.81. The molecule has 2 aromatic carbocycles. The first kappa shape index (κ1) is 38.5. The number of carbonyl (C=O) groups excluding carboxylic acids is 1. The number of nitrogens with zero attached hydrogens (tertiary/aromatic N) is 3. The molecule has 6 rings (SSSR count). The van der Waals surface area contributed by atoms with Crippen LogP contribution in [-0.2, 0) is 20.8 Å². The molecule has 0 spiro atoms. The number of aliphatic hydroxyl groups excluding tert-OH is 3. The third kappa shape index (κ3) is 9.09. The van der Waals surface area contributed by atoms with Crippen molar-refractivity contribution in [2.75, 3.05) is 26.4 Å². The van der Waals surface area contributed by atoms with Gasteiger partial charge in [0.25, 0.3) is 0 Å². The number of amides is 1. The van der Waals surface area contributed by atoms with E-state index in [-0.39, 0.29) is 31.2 Å². The predicted octanol–water partition coefficient (Wildman–Crippen LogP) is 4.38. The quantitative estimate of drug-likeness (QED) is 0.176. The average Bonchev–Trinajstić information content (AvgIpc) is 3.16. The number of nitrogens with two attached hydrogens (primary N) is 1. The van der Waals surface area contributed by atoms with Crippen molar-refractivity contribution in [1.82, 2.24) is 9.80 Å². The Hall–Kier alpha value is -3.26. The number of hydrogen-bond acceptors (Lipinski definition) is 11. The average molecular weight is 723 g/mol. The standard InChI is InChI=1S/C40H58N4O8/c1-40(49)37(47)34(25-45)52-35(38(40)48)26-50-22-21-43(29-13-7-3-8-14-29)36(46)20-19-33(27-11-5-2-6-12-27)44-24-28-23-31(17-18-32(28)42-39(44)41)51-30-15-9-4-10-16-30/h4,9-10,15-18,23,27,29,33-35,37-38,45,47-49H,2-3,5-8,11-14,19-22,24-26H2,1H3,(H2,41,42)/t33-,34+,35-,37+,38-,40+/m0/s1. The van der Waals surface area contributed by atoms with E-state index in [1.54, 1.807) is 0 Å². The fraction of sp³-hybridized carbons (Fsp3) is 0.650. The van der Waals surface area contributed by atoms with Gasteiger partial charge in [-0.15, -0.1) is 0 Å². The van der Waals surface area contributed by atoms with Crippen LogP contribution in [0.1, 0.15) is 89.5 Å². The second-order valence-corrected chi connectivity index (χ2v) is 15.3. The maximum atomic E-state index is 14.2. The summed E-state index contributed by atoms with van der Waals surface area (Å²) in [6.45, 7) is 1.99. The van der Waals surface area contributed by atoms with Gasteiger partial charge in [0.15, 0.2) is 5.96 Å². The van der Waals surface area contributed by atoms with Crippen LogP contribution in [0.5, 0.6) is 11.5 Å². The Balaban J connectivity index is 1.11. The van der Waals surface area contributed by atoms with Gasteiger partial charge in [0.1, 0.15) is 41.5 Å². The highest BCUT2D eigenvalue weighted by Crippen LogP contribution is 2.37. The molecule has 2 saturated carbocycles. The van der Waals surface area contributed by atoms with E-state index in [2.05, 4.69) is 4.90 Å². The summed E-state index contributed by atoms with van der Waals surface area (Å²) in [6, 6.07) is 15.8. The molecule has 0 radical (unpaired) electrons. The molecule has 12 nitrogen and oxygen atoms in total. The molecule has 1 saturated heterocycles. The summed E-state index contributed by atoms with van der Waals surface area (Å²) in [7, 11) is 0. The van der Waals surface area contributed by atoms with Gasteiger partial charge in [-0.05, 0) is 75.3 Å². The van der Waals surface area contributed by atoms with E-state index in [0.717, 1.165) is 61.3 Å². The van der Waals surface area contributed by atoms with Crippen molar-refractivity contribution < 1.29 is 39.4 Å². The van der Waals surface area contributed by atoms with Crippen LogP contribution in [0.4, 0.5) is 5.69 Å². The molecule has 4 aliphatic rings. The highest BCUT2D eigenvalue weighted by atomic mass is 16.6. The Kier molecular flexibility index (Phi) is 13.1. The van der Waals surface area contributed by atoms with Gasteiger partial charge in [-0.25, -0.2) is 4.99 Å². The number of para-hydroxylation sites is 1. The normalized spacial score (nSPS) is 27.8. The number of aliphatic imine (C=N–C) groups is 1. The molecule has 2 heterocycles. The Bertz CT molecular complexity index is 1480. The molecule has 12 heteroatoms. The minimum Gasteiger partial charge on any atom is -0.457 e. The third-order valence-corrected chi connectivity index (χ3v) is 11.7. The monoisotopic (exact) mass is 722 g/mol. The van der Waals surface area contributed by atoms with Crippen molar-refractivity contribution in [3.05, 3.63) is 54.1 Å². The molecule has 0 bridgehead atoms. The first-order valence-corrected chi connectivity index (χ1v) is 19.3. The van der Waals surface area contributed by atoms with Gasteiger partial charge in [-0.2, -0.15) is 0 Å². The van der Waals surface area contributed by atoms with Gasteiger partial charge in [0.2, 0.25) is 5.91 Å². The summed E-state index contributed by atoms with van der Waals surface area (Å²) >= 11 is 0. The van der Waals surface area contributed by atoms with Gasteiger partial charge in [-0.1, -0.05) is 56.7 Å². The maximum absolute atomic E-state index is 14.2. The molecule has 0 unspecified atom stereocenters. The molecule has 6 atom stereocenters. The Labute approximate surface area is 307 Å². The van der Waals surface area contributed by atoms with Crippen LogP contribution in [0.3, 0.4) is 0 Å². The van der Waals surface area contributed by atoms with Gasteiger partial charge in [0, 0.05) is 37.2 Å². The lowest BCUT2D eigenvalue weighted by Crippen LogP contribution is -2.66. The molecular formula is C40H58N4O8. The van der Waals surface area contributed by atoms with Crippen LogP contribution in [0.15, 0.2) is 53.5 Å². The Morgan fingerprint density at radius 3 is 2.40 bits per heavy atom. The highest BCUT2D eigenvalue weighted by Gasteiger charge is 2.51. The fourth-order valence-corrected chi connectivity index (χ4v) is 8.65. The van der Waals surface area contributed by atoms with Gasteiger partial charge in [-0.3, -0.25) is 4.79 Å². The van der Waals surface area contributed by atoms with Crippen LogP contribution >= 0.6 is 0 Å². The molecule has 2 aliphatic heterocycles. The van der Waals surface area contributed by atoms with Crippen molar-refractivity contribution in [3.8, 4) is 11.5 Å². The second-order valence-electron chi connectivity index (χ2n) is 15.3. The lowest BCUT2D eigenvalue weighted by molar-refractivity contribution is -0.276. The molecule has 2 aliphatic carbocycles. The van der Waals surface area contributed by atoms with Crippen LogP contribution < -0.4 is 10.5 Å². The molecule has 1 amide bonds. The number of carbonyl (C=O) groups is 1. The van der Waals surface area contributed by atoms with Gasteiger partial charge >= 0.3 is 0 Å². The zero-order valence-corrected chi connectivity index (χ0v) is 30.5. The van der Waals surface area contributed by atoms with E-state index >= 15 is 0 Å². The summed E-state index contributed by atoms with van der Waals surface area (Å²) in [4.78, 5) is 23.2. The number of guanidine groups is 1. The molecule has 52 heavy (non-hydrogen) atoms. The molecular weight excluding hydrogens is 664 g/mol. The number of aliphatic hydroxyl groups is 4. The van der Waals surface area contributed by atoms with E-state index in [1.807, 2.05) is 53.4 Å². The van der Waals surface area contributed by atoms with Gasteiger partial charge in [0.05, 0.1) is 25.5 Å². The Morgan fingerprint density at radius 2 is 1.69 bits per heavy atom. The summed E-state index contributed by atoms with van der Waals surface area (Å²) in [5, 5.41) is 41.3. The van der Waals surface area contributed by atoms with E-state index < -0.39 is 36.6 Å². The summed E-state index contributed by atoms with van der Waals surface area (Å²) in [5.74, 6) is 2.52.